The molecule has 31 heavy (non-hydrogen) atoms. The number of nitrogens with one attached hydrogen (secondary N) is 1. The second kappa shape index (κ2) is 7.40. The Labute approximate surface area is 187 Å². The van der Waals surface area contributed by atoms with E-state index in [4.69, 9.17) is 21.4 Å². The summed E-state index contributed by atoms with van der Waals surface area (Å²) in [6.45, 7) is 3.92. The molecule has 7 nitrogen and oxygen atoms in total. The summed E-state index contributed by atoms with van der Waals surface area (Å²) in [6, 6.07) is 13.1. The zero-order chi connectivity index (χ0) is 21.7. The molecule has 1 aromatic carbocycles. The predicted molar refractivity (Wildman–Crippen MR) is 123 cm³/mol. The minimum atomic E-state index is -0.470. The zero-order valence-electron chi connectivity index (χ0n) is 16.6. The third-order valence-corrected chi connectivity index (χ3v) is 6.29. The summed E-state index contributed by atoms with van der Waals surface area (Å²) in [5.41, 5.74) is 3.72. The van der Waals surface area contributed by atoms with Gasteiger partial charge in [-0.3, -0.25) is 10.2 Å². The summed E-state index contributed by atoms with van der Waals surface area (Å²) in [7, 11) is 0. The number of hydrogen-bond acceptors (Lipinski definition) is 5. The maximum Gasteiger partial charge on any atom is 0.283 e. The Morgan fingerprint density at radius 1 is 1.19 bits per heavy atom. The smallest absolute Gasteiger partial charge is 0.283 e. The van der Waals surface area contributed by atoms with Gasteiger partial charge in [0.05, 0.1) is 22.5 Å². The highest BCUT2D eigenvalue weighted by atomic mass is 35.5. The molecule has 0 fully saturated rings. The first-order valence-electron chi connectivity index (χ1n) is 9.42. The van der Waals surface area contributed by atoms with E-state index in [2.05, 4.69) is 10.1 Å². The van der Waals surface area contributed by atoms with Crippen molar-refractivity contribution in [2.75, 3.05) is 0 Å². The van der Waals surface area contributed by atoms with Crippen molar-refractivity contribution in [3.63, 3.8) is 0 Å². The fourth-order valence-corrected chi connectivity index (χ4v) is 4.66. The first-order chi connectivity index (χ1) is 14.9. The monoisotopic (exact) mass is 449 g/mol. The van der Waals surface area contributed by atoms with Crippen LogP contribution >= 0.6 is 23.4 Å². The number of fused-ring (bicyclic) bond motifs is 1. The lowest BCUT2D eigenvalue weighted by Crippen LogP contribution is -2.35. The van der Waals surface area contributed by atoms with Crippen molar-refractivity contribution in [2.24, 2.45) is 10.1 Å². The van der Waals surface area contributed by atoms with Gasteiger partial charge in [-0.15, -0.1) is 0 Å². The van der Waals surface area contributed by atoms with E-state index in [0.717, 1.165) is 22.6 Å². The molecule has 0 aliphatic carbocycles. The Balaban J connectivity index is 1.54. The van der Waals surface area contributed by atoms with Crippen LogP contribution in [-0.2, 0) is 4.79 Å². The van der Waals surface area contributed by atoms with E-state index in [9.17, 15) is 4.79 Å². The van der Waals surface area contributed by atoms with Crippen LogP contribution in [0.15, 0.2) is 68.8 Å². The lowest BCUT2D eigenvalue weighted by Gasteiger charge is -2.20. The predicted octanol–water partition coefficient (Wildman–Crippen LogP) is 5.01. The Hall–Kier alpha value is -3.36. The number of para-hydroxylation sites is 1. The molecule has 2 aliphatic rings. The van der Waals surface area contributed by atoms with Crippen LogP contribution < -0.4 is 0 Å². The van der Waals surface area contributed by atoms with Crippen LogP contribution in [0.2, 0.25) is 5.02 Å². The number of carbonyl (C=O) groups is 1. The van der Waals surface area contributed by atoms with Gasteiger partial charge in [0.15, 0.2) is 16.6 Å². The maximum absolute atomic E-state index is 12.7. The molecule has 0 atom stereocenters. The number of amidine groups is 2. The van der Waals surface area contributed by atoms with E-state index < -0.39 is 5.91 Å². The molecule has 1 amide bonds. The molecule has 0 unspecified atom stereocenters. The van der Waals surface area contributed by atoms with Crippen LogP contribution in [0.25, 0.3) is 11.8 Å². The third-order valence-electron chi connectivity index (χ3n) is 5.05. The molecule has 0 bridgehead atoms. The molecule has 2 aromatic heterocycles. The second-order valence-electron chi connectivity index (χ2n) is 7.02. The Morgan fingerprint density at radius 2 is 2.00 bits per heavy atom. The van der Waals surface area contributed by atoms with Crippen LogP contribution in [-0.4, -0.2) is 31.5 Å². The van der Waals surface area contributed by atoms with Crippen molar-refractivity contribution >= 4 is 51.4 Å². The van der Waals surface area contributed by atoms with Gasteiger partial charge in [0.25, 0.3) is 5.91 Å². The summed E-state index contributed by atoms with van der Waals surface area (Å²) in [5.74, 6) is 0.0740. The fraction of sp³-hybridized carbons (Fsp3) is 0.0909. The summed E-state index contributed by atoms with van der Waals surface area (Å²) in [6.07, 6.45) is 3.24. The van der Waals surface area contributed by atoms with Gasteiger partial charge in [-0.1, -0.05) is 23.7 Å². The number of thioether (sulfide) groups is 1. The minimum Gasteiger partial charge on any atom is -0.462 e. The molecule has 0 spiro atoms. The highest BCUT2D eigenvalue weighted by Gasteiger charge is 2.36. The number of halogens is 1. The molecule has 5 rings (SSSR count). The summed E-state index contributed by atoms with van der Waals surface area (Å²) in [5, 5.41) is 15.9. The quantitative estimate of drug-likeness (QED) is 0.569. The van der Waals surface area contributed by atoms with Crippen LogP contribution in [0.3, 0.4) is 0 Å². The molecular formula is C22H16ClN5O2S. The van der Waals surface area contributed by atoms with Crippen molar-refractivity contribution < 1.29 is 9.21 Å². The average Bonchev–Trinajstić information content (AvgIpc) is 3.46. The van der Waals surface area contributed by atoms with E-state index in [1.165, 1.54) is 16.8 Å². The first kappa shape index (κ1) is 19.6. The van der Waals surface area contributed by atoms with Crippen molar-refractivity contribution in [3.05, 3.63) is 82.0 Å². The topological polar surface area (TPSA) is 87.0 Å². The molecule has 9 heteroatoms. The van der Waals surface area contributed by atoms with E-state index in [1.54, 1.807) is 24.5 Å². The van der Waals surface area contributed by atoms with Gasteiger partial charge < -0.3 is 8.98 Å². The number of hydrogen-bond donors (Lipinski definition) is 1. The lowest BCUT2D eigenvalue weighted by molar-refractivity contribution is -0.114. The largest absolute Gasteiger partial charge is 0.462 e. The summed E-state index contributed by atoms with van der Waals surface area (Å²) < 4.78 is 7.40. The summed E-state index contributed by atoms with van der Waals surface area (Å²) in [4.78, 5) is 16.9. The number of aromatic nitrogens is 1. The molecule has 3 aromatic rings. The molecule has 0 radical (unpaired) electrons. The van der Waals surface area contributed by atoms with Crippen LogP contribution in [0, 0.1) is 19.3 Å². The lowest BCUT2D eigenvalue weighted by atomic mass is 10.1. The van der Waals surface area contributed by atoms with Crippen molar-refractivity contribution in [3.8, 4) is 5.69 Å². The van der Waals surface area contributed by atoms with Crippen molar-refractivity contribution in [1.82, 2.24) is 9.58 Å². The van der Waals surface area contributed by atoms with Crippen LogP contribution in [0.5, 0.6) is 0 Å². The normalized spacial score (nSPS) is 17.3. The molecule has 2 aliphatic heterocycles. The van der Waals surface area contributed by atoms with Crippen LogP contribution in [0.1, 0.15) is 22.7 Å². The minimum absolute atomic E-state index is 0.0217. The SMILES string of the molecule is Cc1cc(C=C2C(=N)N3N=C(c4ccco4)SC3=NC2=O)c(C)n1-c1ccccc1Cl. The fourth-order valence-electron chi connectivity index (χ4n) is 3.58. The number of aliphatic imine (C=N–C) groups is 1. The van der Waals surface area contributed by atoms with Crippen molar-refractivity contribution in [2.45, 2.75) is 13.8 Å². The molecule has 154 valence electrons. The Kier molecular flexibility index (Phi) is 4.68. The van der Waals surface area contributed by atoms with Gasteiger partial charge in [0.2, 0.25) is 5.17 Å². The van der Waals surface area contributed by atoms with E-state index in [1.807, 2.05) is 48.7 Å². The molecule has 0 saturated heterocycles. The number of aryl methyl sites for hydroxylation is 1. The first-order valence-corrected chi connectivity index (χ1v) is 10.6. The number of hydrazone groups is 1. The van der Waals surface area contributed by atoms with E-state index >= 15 is 0 Å². The third kappa shape index (κ3) is 3.24. The zero-order valence-corrected chi connectivity index (χ0v) is 18.2. The number of rotatable bonds is 3. The Bertz CT molecular complexity index is 1330. The number of nitrogens with zero attached hydrogens (tertiary/aromatic N) is 4. The number of furan rings is 1. The van der Waals surface area contributed by atoms with E-state index in [-0.39, 0.29) is 11.4 Å². The van der Waals surface area contributed by atoms with Crippen LogP contribution in [0.4, 0.5) is 0 Å². The summed E-state index contributed by atoms with van der Waals surface area (Å²) >= 11 is 7.59. The maximum atomic E-state index is 12.7. The van der Waals surface area contributed by atoms with Gasteiger partial charge in [-0.25, -0.2) is 0 Å². The average molecular weight is 450 g/mol. The second-order valence-corrected chi connectivity index (χ2v) is 8.38. The standard InChI is InChI=1S/C22H16ClN5O2S/c1-12-10-14(13(2)27(12)17-7-4-3-6-16(17)23)11-15-19(24)28-22(25-20(15)29)31-21(26-28)18-8-5-9-30-18/h3-11,24H,1-2H3. The number of benzene rings is 1. The van der Waals surface area contributed by atoms with E-state index in [0.29, 0.717) is 21.0 Å². The molecule has 0 saturated carbocycles. The molecular weight excluding hydrogens is 434 g/mol. The number of amides is 1. The number of carbonyl (C=O) groups excluding carboxylic acids is 1. The van der Waals surface area contributed by atoms with Crippen molar-refractivity contribution in [1.29, 1.82) is 5.41 Å². The van der Waals surface area contributed by atoms with Gasteiger partial charge in [-0.2, -0.15) is 15.1 Å². The van der Waals surface area contributed by atoms with Gasteiger partial charge in [-0.05, 0) is 67.6 Å². The molecule has 1 N–H and O–H groups in total. The van der Waals surface area contributed by atoms with Gasteiger partial charge >= 0.3 is 0 Å². The van der Waals surface area contributed by atoms with Gasteiger partial charge in [0.1, 0.15) is 0 Å². The Morgan fingerprint density at radius 3 is 2.74 bits per heavy atom. The van der Waals surface area contributed by atoms with Gasteiger partial charge in [0, 0.05) is 11.4 Å². The highest BCUT2D eigenvalue weighted by Crippen LogP contribution is 2.32. The molecule has 4 heterocycles. The highest BCUT2D eigenvalue weighted by molar-refractivity contribution is 8.27.